The Labute approximate surface area is 169 Å². The summed E-state index contributed by atoms with van der Waals surface area (Å²) in [6.45, 7) is 2.88. The van der Waals surface area contributed by atoms with E-state index in [1.807, 2.05) is 36.4 Å². The first kappa shape index (κ1) is 19.2. The molecular weight excluding hydrogens is 366 g/mol. The zero-order valence-corrected chi connectivity index (χ0v) is 16.3. The van der Waals surface area contributed by atoms with E-state index >= 15 is 0 Å². The van der Waals surface area contributed by atoms with Crippen LogP contribution >= 0.6 is 0 Å². The van der Waals surface area contributed by atoms with Crippen molar-refractivity contribution in [1.82, 2.24) is 5.32 Å². The first-order valence-electron chi connectivity index (χ1n) is 9.86. The molecule has 2 N–H and O–H groups in total. The summed E-state index contributed by atoms with van der Waals surface area (Å²) >= 11 is 0. The van der Waals surface area contributed by atoms with Gasteiger partial charge < -0.3 is 10.0 Å². The van der Waals surface area contributed by atoms with E-state index in [0.29, 0.717) is 49.2 Å². The van der Waals surface area contributed by atoms with Crippen molar-refractivity contribution in [1.29, 1.82) is 5.26 Å². The Morgan fingerprint density at radius 3 is 2.45 bits per heavy atom. The number of benzene rings is 2. The number of hydrogen-bond donors (Lipinski definition) is 2. The van der Waals surface area contributed by atoms with Crippen molar-refractivity contribution in [3.63, 3.8) is 0 Å². The van der Waals surface area contributed by atoms with Crippen molar-refractivity contribution in [3.05, 3.63) is 64.7 Å². The summed E-state index contributed by atoms with van der Waals surface area (Å²) in [5, 5.41) is 22.3. The molecule has 1 fully saturated rings. The smallest absolute Gasteiger partial charge is 0.261 e. The van der Waals surface area contributed by atoms with Crippen LogP contribution in [0.3, 0.4) is 0 Å². The van der Waals surface area contributed by atoms with Gasteiger partial charge in [0.2, 0.25) is 0 Å². The van der Waals surface area contributed by atoms with E-state index in [4.69, 9.17) is 0 Å². The Morgan fingerprint density at radius 1 is 1.14 bits per heavy atom. The van der Waals surface area contributed by atoms with Gasteiger partial charge in [0.05, 0.1) is 34.4 Å². The van der Waals surface area contributed by atoms with Gasteiger partial charge in [0.1, 0.15) is 0 Å². The van der Waals surface area contributed by atoms with Gasteiger partial charge in [-0.25, -0.2) is 0 Å². The molecule has 29 heavy (non-hydrogen) atoms. The Balaban J connectivity index is 1.71. The highest BCUT2D eigenvalue weighted by atomic mass is 16.3. The molecule has 6 heteroatoms. The van der Waals surface area contributed by atoms with Crippen LogP contribution in [0.4, 0.5) is 5.69 Å². The largest absolute Gasteiger partial charge is 0.393 e. The number of amides is 2. The molecule has 2 aliphatic rings. The van der Waals surface area contributed by atoms with Crippen molar-refractivity contribution in [2.24, 2.45) is 0 Å². The molecule has 2 aliphatic heterocycles. The van der Waals surface area contributed by atoms with Gasteiger partial charge >= 0.3 is 0 Å². The summed E-state index contributed by atoms with van der Waals surface area (Å²) in [5.74, 6) is -0.782. The fourth-order valence-corrected chi connectivity index (χ4v) is 4.46. The molecule has 0 aromatic heterocycles. The summed E-state index contributed by atoms with van der Waals surface area (Å²) < 4.78 is 0. The number of rotatable bonds is 4. The lowest BCUT2D eigenvalue weighted by atomic mass is 9.74. The number of aliphatic hydroxyl groups excluding tert-OH is 1. The van der Waals surface area contributed by atoms with Gasteiger partial charge in [0.15, 0.2) is 0 Å². The van der Waals surface area contributed by atoms with E-state index in [0.717, 1.165) is 11.1 Å². The Hall–Kier alpha value is -3.17. The molecule has 6 nitrogen and oxygen atoms in total. The number of nitriles is 1. The second-order valence-electron chi connectivity index (χ2n) is 7.88. The van der Waals surface area contributed by atoms with Crippen LogP contribution in [-0.2, 0) is 11.8 Å². The molecule has 1 unspecified atom stereocenters. The average Bonchev–Trinajstić information content (AvgIpc) is 3.02. The molecular formula is C23H23N3O3. The summed E-state index contributed by atoms with van der Waals surface area (Å²) in [4.78, 5) is 26.7. The van der Waals surface area contributed by atoms with Gasteiger partial charge in [-0.2, -0.15) is 5.26 Å². The molecule has 1 saturated heterocycles. The SMILES string of the molecule is CC(O)Cc1ccc2c(c1N1CCC(C#N)(c3ccccc3)CC1)C(=O)NC2=O. The number of anilines is 1. The lowest BCUT2D eigenvalue weighted by Gasteiger charge is -2.40. The molecule has 148 valence electrons. The Kier molecular flexibility index (Phi) is 4.85. The molecule has 2 aromatic carbocycles. The van der Waals surface area contributed by atoms with Gasteiger partial charge in [0.25, 0.3) is 11.8 Å². The third-order valence-electron chi connectivity index (χ3n) is 5.95. The number of aliphatic hydroxyl groups is 1. The first-order chi connectivity index (χ1) is 13.9. The highest BCUT2D eigenvalue weighted by Gasteiger charge is 2.39. The zero-order valence-electron chi connectivity index (χ0n) is 16.3. The van der Waals surface area contributed by atoms with E-state index in [2.05, 4.69) is 16.3 Å². The van der Waals surface area contributed by atoms with Gasteiger partial charge in [-0.05, 0) is 37.0 Å². The number of carbonyl (C=O) groups is 2. The number of fused-ring (bicyclic) bond motifs is 1. The van der Waals surface area contributed by atoms with Gasteiger partial charge in [-0.1, -0.05) is 36.4 Å². The van der Waals surface area contributed by atoms with Crippen LogP contribution in [0.1, 0.15) is 51.6 Å². The molecule has 2 amide bonds. The van der Waals surface area contributed by atoms with Crippen LogP contribution in [0.25, 0.3) is 0 Å². The van der Waals surface area contributed by atoms with E-state index in [-0.39, 0.29) is 5.91 Å². The predicted molar refractivity (Wildman–Crippen MR) is 109 cm³/mol. The molecule has 1 atom stereocenters. The lowest BCUT2D eigenvalue weighted by molar-refractivity contribution is 0.0879. The van der Waals surface area contributed by atoms with Gasteiger partial charge in [0, 0.05) is 19.5 Å². The second-order valence-corrected chi connectivity index (χ2v) is 7.88. The lowest BCUT2D eigenvalue weighted by Crippen LogP contribution is -2.43. The topological polar surface area (TPSA) is 93.4 Å². The minimum Gasteiger partial charge on any atom is -0.393 e. The molecule has 0 bridgehead atoms. The molecule has 2 aromatic rings. The van der Waals surface area contributed by atoms with Crippen molar-refractivity contribution in [2.75, 3.05) is 18.0 Å². The number of carbonyl (C=O) groups excluding carboxylic acids is 2. The Morgan fingerprint density at radius 2 is 1.83 bits per heavy atom. The van der Waals surface area contributed by atoms with Crippen LogP contribution in [0.5, 0.6) is 0 Å². The van der Waals surface area contributed by atoms with Crippen molar-refractivity contribution in [3.8, 4) is 6.07 Å². The number of nitrogens with one attached hydrogen (secondary N) is 1. The van der Waals surface area contributed by atoms with Crippen LogP contribution in [-0.4, -0.2) is 36.1 Å². The minimum absolute atomic E-state index is 0.375. The summed E-state index contributed by atoms with van der Waals surface area (Å²) in [7, 11) is 0. The fraction of sp³-hybridized carbons (Fsp3) is 0.348. The number of imide groups is 1. The summed E-state index contributed by atoms with van der Waals surface area (Å²) in [6, 6.07) is 15.8. The van der Waals surface area contributed by atoms with Crippen LogP contribution in [0, 0.1) is 11.3 Å². The normalized spacial score (nSPS) is 18.7. The van der Waals surface area contributed by atoms with Crippen molar-refractivity contribution >= 4 is 17.5 Å². The van der Waals surface area contributed by atoms with Crippen LogP contribution < -0.4 is 10.2 Å². The maximum absolute atomic E-state index is 12.5. The van der Waals surface area contributed by atoms with Crippen LogP contribution in [0.15, 0.2) is 42.5 Å². The third-order valence-corrected chi connectivity index (χ3v) is 5.95. The summed E-state index contributed by atoms with van der Waals surface area (Å²) in [5.41, 5.74) is 2.77. The minimum atomic E-state index is -0.570. The highest BCUT2D eigenvalue weighted by molar-refractivity contribution is 6.24. The quantitative estimate of drug-likeness (QED) is 0.784. The molecule has 2 heterocycles. The number of piperidine rings is 1. The third kappa shape index (κ3) is 3.28. The molecule has 0 aliphatic carbocycles. The first-order valence-corrected chi connectivity index (χ1v) is 9.86. The number of nitrogens with zero attached hydrogens (tertiary/aromatic N) is 2. The molecule has 4 rings (SSSR count). The molecule has 0 spiro atoms. The van der Waals surface area contributed by atoms with E-state index in [1.54, 1.807) is 13.0 Å². The average molecular weight is 389 g/mol. The standard InChI is InChI=1S/C23H23N3O3/c1-15(27)13-16-7-8-18-19(22(29)25-21(18)28)20(16)26-11-9-23(14-24,10-12-26)17-5-3-2-4-6-17/h2-8,15,27H,9-13H2,1H3,(H,25,28,29). The summed E-state index contributed by atoms with van der Waals surface area (Å²) in [6.07, 6.45) is 1.07. The maximum Gasteiger partial charge on any atom is 0.261 e. The van der Waals surface area contributed by atoms with Gasteiger partial charge in [-0.15, -0.1) is 0 Å². The fourth-order valence-electron chi connectivity index (χ4n) is 4.46. The monoisotopic (exact) mass is 389 g/mol. The second kappa shape index (κ2) is 7.34. The maximum atomic E-state index is 12.5. The zero-order chi connectivity index (χ0) is 20.6. The van der Waals surface area contributed by atoms with Crippen molar-refractivity contribution in [2.45, 2.75) is 37.7 Å². The van der Waals surface area contributed by atoms with E-state index in [1.165, 1.54) is 0 Å². The number of hydrogen-bond acceptors (Lipinski definition) is 5. The van der Waals surface area contributed by atoms with Crippen LogP contribution in [0.2, 0.25) is 0 Å². The van der Waals surface area contributed by atoms with E-state index < -0.39 is 17.4 Å². The van der Waals surface area contributed by atoms with Crippen molar-refractivity contribution < 1.29 is 14.7 Å². The highest BCUT2D eigenvalue weighted by Crippen LogP contribution is 2.40. The Bertz CT molecular complexity index is 1000. The molecule has 0 radical (unpaired) electrons. The predicted octanol–water partition coefficient (Wildman–Crippen LogP) is 2.56. The van der Waals surface area contributed by atoms with E-state index in [9.17, 15) is 20.0 Å². The van der Waals surface area contributed by atoms with Gasteiger partial charge in [-0.3, -0.25) is 14.9 Å². The molecule has 0 saturated carbocycles.